The molecular weight excluding hydrogens is 134 g/mol. The molecule has 0 amide bonds. The van der Waals surface area contributed by atoms with Gasteiger partial charge < -0.3 is 5.32 Å². The number of hydrogen-bond acceptors (Lipinski definition) is 1. The van der Waals surface area contributed by atoms with Crippen LogP contribution >= 0.6 is 0 Å². The highest BCUT2D eigenvalue weighted by Gasteiger charge is 2.11. The van der Waals surface area contributed by atoms with Crippen LogP contribution in [-0.2, 0) is 0 Å². The van der Waals surface area contributed by atoms with Crippen LogP contribution in [0, 0.1) is 0 Å². The summed E-state index contributed by atoms with van der Waals surface area (Å²) in [6, 6.07) is 0. The van der Waals surface area contributed by atoms with E-state index in [4.69, 9.17) is 0 Å². The summed E-state index contributed by atoms with van der Waals surface area (Å²) in [6.45, 7) is 6.13. The minimum Gasteiger partial charge on any atom is -0.392 e. The smallest absolute Gasteiger partial charge is 0.00753 e. The van der Waals surface area contributed by atoms with Crippen LogP contribution in [-0.4, -0.2) is 7.05 Å². The highest BCUT2D eigenvalue weighted by Crippen LogP contribution is 2.30. The summed E-state index contributed by atoms with van der Waals surface area (Å²) < 4.78 is 0. The second-order valence-corrected chi connectivity index (χ2v) is 3.27. The van der Waals surface area contributed by atoms with E-state index in [1.165, 1.54) is 24.8 Å². The van der Waals surface area contributed by atoms with Gasteiger partial charge in [-0.15, -0.1) is 0 Å². The second-order valence-electron chi connectivity index (χ2n) is 3.27. The van der Waals surface area contributed by atoms with Gasteiger partial charge in [0.2, 0.25) is 0 Å². The van der Waals surface area contributed by atoms with Crippen LogP contribution < -0.4 is 5.32 Å². The molecule has 1 fully saturated rings. The van der Waals surface area contributed by atoms with Gasteiger partial charge >= 0.3 is 0 Å². The van der Waals surface area contributed by atoms with Crippen molar-refractivity contribution in [2.24, 2.45) is 0 Å². The lowest BCUT2D eigenvalue weighted by atomic mass is 9.87. The first-order chi connectivity index (χ1) is 5.24. The van der Waals surface area contributed by atoms with Crippen LogP contribution in [0.15, 0.2) is 23.4 Å². The molecular formula is C10H17N. The molecule has 0 aliphatic heterocycles. The fourth-order valence-electron chi connectivity index (χ4n) is 1.31. The zero-order valence-electron chi connectivity index (χ0n) is 7.54. The maximum atomic E-state index is 3.91. The molecule has 1 aliphatic rings. The maximum absolute atomic E-state index is 3.91. The van der Waals surface area contributed by atoms with Crippen LogP contribution in [0.3, 0.4) is 0 Å². The summed E-state index contributed by atoms with van der Waals surface area (Å²) in [5.74, 6) is 0. The molecule has 1 nitrogen and oxygen atoms in total. The van der Waals surface area contributed by atoms with Crippen LogP contribution in [0.25, 0.3) is 0 Å². The molecule has 0 aromatic heterocycles. The Bertz CT molecular complexity index is 183. The highest BCUT2D eigenvalue weighted by molar-refractivity contribution is 5.21. The molecule has 0 bridgehead atoms. The van der Waals surface area contributed by atoms with E-state index in [9.17, 15) is 0 Å². The van der Waals surface area contributed by atoms with Crippen molar-refractivity contribution in [3.05, 3.63) is 23.4 Å². The van der Waals surface area contributed by atoms with Crippen molar-refractivity contribution in [1.29, 1.82) is 0 Å². The Labute approximate surface area is 69.2 Å². The van der Waals surface area contributed by atoms with Gasteiger partial charge in [0, 0.05) is 19.2 Å². The van der Waals surface area contributed by atoms with E-state index in [0.717, 1.165) is 12.1 Å². The van der Waals surface area contributed by atoms with Crippen LogP contribution in [0.1, 0.15) is 32.6 Å². The van der Waals surface area contributed by atoms with Crippen LogP contribution in [0.2, 0.25) is 0 Å². The Morgan fingerprint density at radius 3 is 2.55 bits per heavy atom. The molecule has 1 aliphatic carbocycles. The minimum atomic E-state index is 1.03. The van der Waals surface area contributed by atoms with Gasteiger partial charge in [0.1, 0.15) is 0 Å². The lowest BCUT2D eigenvalue weighted by molar-refractivity contribution is 0.644. The Kier molecular flexibility index (Phi) is 2.75. The average molecular weight is 151 g/mol. The number of nitrogens with one attached hydrogen (secondary N) is 1. The predicted molar refractivity (Wildman–Crippen MR) is 49.4 cm³/mol. The third-order valence-electron chi connectivity index (χ3n) is 2.39. The van der Waals surface area contributed by atoms with Gasteiger partial charge in [-0.1, -0.05) is 17.7 Å². The van der Waals surface area contributed by atoms with Gasteiger partial charge in [-0.25, -0.2) is 0 Å². The summed E-state index contributed by atoms with van der Waals surface area (Å²) in [4.78, 5) is 0. The van der Waals surface area contributed by atoms with E-state index in [1.54, 1.807) is 5.57 Å². The topological polar surface area (TPSA) is 12.0 Å². The lowest BCUT2D eigenvalue weighted by Crippen LogP contribution is -2.07. The van der Waals surface area contributed by atoms with E-state index in [0.29, 0.717) is 0 Å². The van der Waals surface area contributed by atoms with Crippen molar-refractivity contribution < 1.29 is 0 Å². The molecule has 1 saturated carbocycles. The average Bonchev–Trinajstić information content (AvgIpc) is 1.83. The first kappa shape index (κ1) is 8.38. The highest BCUT2D eigenvalue weighted by atomic mass is 14.8. The van der Waals surface area contributed by atoms with Gasteiger partial charge in [0.25, 0.3) is 0 Å². The van der Waals surface area contributed by atoms with Crippen LogP contribution in [0.5, 0.6) is 0 Å². The van der Waals surface area contributed by atoms with Gasteiger partial charge in [-0.3, -0.25) is 0 Å². The number of allylic oxidation sites excluding steroid dienone is 2. The third kappa shape index (κ3) is 2.11. The summed E-state index contributed by atoms with van der Waals surface area (Å²) in [5, 5.41) is 3.07. The molecule has 0 atom stereocenters. The van der Waals surface area contributed by atoms with E-state index in [-0.39, 0.29) is 0 Å². The molecule has 0 heterocycles. The Balaban J connectivity index is 2.41. The molecule has 0 saturated heterocycles. The maximum Gasteiger partial charge on any atom is 0.00753 e. The van der Waals surface area contributed by atoms with Crippen molar-refractivity contribution in [3.8, 4) is 0 Å². The van der Waals surface area contributed by atoms with Gasteiger partial charge in [0.05, 0.1) is 0 Å². The first-order valence-electron chi connectivity index (χ1n) is 4.27. The first-order valence-corrected chi connectivity index (χ1v) is 4.27. The fourth-order valence-corrected chi connectivity index (χ4v) is 1.31. The zero-order chi connectivity index (χ0) is 8.27. The Morgan fingerprint density at radius 1 is 1.55 bits per heavy atom. The molecule has 0 unspecified atom stereocenters. The van der Waals surface area contributed by atoms with Gasteiger partial charge in [0.15, 0.2) is 0 Å². The third-order valence-corrected chi connectivity index (χ3v) is 2.39. The Morgan fingerprint density at radius 2 is 2.18 bits per heavy atom. The van der Waals surface area contributed by atoms with Crippen molar-refractivity contribution in [3.63, 3.8) is 0 Å². The number of rotatable bonds is 3. The van der Waals surface area contributed by atoms with Gasteiger partial charge in [-0.05, 0) is 26.2 Å². The molecule has 1 N–H and O–H groups in total. The predicted octanol–water partition coefficient (Wildman–Crippen LogP) is 2.61. The van der Waals surface area contributed by atoms with Crippen molar-refractivity contribution in [1.82, 2.24) is 5.32 Å². The summed E-state index contributed by atoms with van der Waals surface area (Å²) in [6.07, 6.45) is 5.07. The summed E-state index contributed by atoms with van der Waals surface area (Å²) >= 11 is 0. The van der Waals surface area contributed by atoms with E-state index >= 15 is 0 Å². The molecule has 1 heteroatoms. The Hall–Kier alpha value is -0.720. The van der Waals surface area contributed by atoms with Crippen molar-refractivity contribution in [2.45, 2.75) is 32.6 Å². The largest absolute Gasteiger partial charge is 0.392 e. The summed E-state index contributed by atoms with van der Waals surface area (Å²) in [7, 11) is 1.93. The second kappa shape index (κ2) is 3.61. The SMILES string of the molecule is C=C(CC(C)=C1CCC1)NC. The molecule has 0 aromatic rings. The monoisotopic (exact) mass is 151 g/mol. The quantitative estimate of drug-likeness (QED) is 0.611. The normalized spacial score (nSPS) is 15.6. The summed E-state index contributed by atoms with van der Waals surface area (Å²) in [5.41, 5.74) is 4.30. The van der Waals surface area contributed by atoms with E-state index in [2.05, 4.69) is 18.8 Å². The standard InChI is InChI=1S/C10H17N/c1-8(7-9(2)11-3)10-5-4-6-10/h11H,2,4-7H2,1,3H3. The fraction of sp³-hybridized carbons (Fsp3) is 0.600. The van der Waals surface area contributed by atoms with Gasteiger partial charge in [-0.2, -0.15) is 0 Å². The van der Waals surface area contributed by atoms with E-state index < -0.39 is 0 Å². The molecule has 1 rings (SSSR count). The minimum absolute atomic E-state index is 1.03. The lowest BCUT2D eigenvalue weighted by Gasteiger charge is -2.20. The van der Waals surface area contributed by atoms with Crippen molar-refractivity contribution in [2.75, 3.05) is 7.05 Å². The van der Waals surface area contributed by atoms with E-state index in [1.807, 2.05) is 7.05 Å². The molecule has 62 valence electrons. The van der Waals surface area contributed by atoms with Crippen molar-refractivity contribution >= 4 is 0 Å². The zero-order valence-corrected chi connectivity index (χ0v) is 7.54. The molecule has 0 spiro atoms. The van der Waals surface area contributed by atoms with Crippen LogP contribution in [0.4, 0.5) is 0 Å². The molecule has 0 aromatic carbocycles. The number of hydrogen-bond donors (Lipinski definition) is 1. The molecule has 11 heavy (non-hydrogen) atoms. The molecule has 0 radical (unpaired) electrons.